The summed E-state index contributed by atoms with van der Waals surface area (Å²) in [4.78, 5) is 36.2. The number of fused-ring (bicyclic) bond motifs is 1. The summed E-state index contributed by atoms with van der Waals surface area (Å²) in [7, 11) is 3.00. The molecule has 2 aromatic rings. The Kier molecular flexibility index (Phi) is 2.86. The number of nitrogens with one attached hydrogen (secondary N) is 1. The van der Waals surface area contributed by atoms with E-state index in [1.165, 1.54) is 23.0 Å². The third kappa shape index (κ3) is 1.74. The van der Waals surface area contributed by atoms with Gasteiger partial charge in [0.15, 0.2) is 0 Å². The zero-order chi connectivity index (χ0) is 14.4. The van der Waals surface area contributed by atoms with Gasteiger partial charge < -0.3 is 5.32 Å². The van der Waals surface area contributed by atoms with Crippen molar-refractivity contribution in [3.8, 4) is 0 Å². The summed E-state index contributed by atoms with van der Waals surface area (Å²) in [6.45, 7) is 0. The molecule has 3 heterocycles. The van der Waals surface area contributed by atoms with Crippen molar-refractivity contribution >= 4 is 23.1 Å². The first-order valence-electron chi connectivity index (χ1n) is 6.12. The number of carbonyl (C=O) groups is 1. The van der Waals surface area contributed by atoms with E-state index in [4.69, 9.17) is 0 Å². The van der Waals surface area contributed by atoms with Gasteiger partial charge >= 0.3 is 5.69 Å². The molecule has 0 aromatic carbocycles. The summed E-state index contributed by atoms with van der Waals surface area (Å²) < 4.78 is 2.39. The molecule has 0 unspecified atom stereocenters. The maximum absolute atomic E-state index is 12.4. The molecule has 0 aliphatic carbocycles. The predicted molar refractivity (Wildman–Crippen MR) is 76.3 cm³/mol. The molecule has 104 valence electrons. The normalized spacial score (nSPS) is 17.7. The minimum Gasteiger partial charge on any atom is -0.312 e. The van der Waals surface area contributed by atoms with E-state index in [9.17, 15) is 14.4 Å². The van der Waals surface area contributed by atoms with Crippen LogP contribution in [0.15, 0.2) is 26.4 Å². The first-order chi connectivity index (χ1) is 9.50. The highest BCUT2D eigenvalue weighted by atomic mass is 32.1. The molecule has 20 heavy (non-hydrogen) atoms. The van der Waals surface area contributed by atoms with Gasteiger partial charge in [0.1, 0.15) is 5.82 Å². The van der Waals surface area contributed by atoms with Gasteiger partial charge in [-0.1, -0.05) is 0 Å². The Morgan fingerprint density at radius 3 is 2.65 bits per heavy atom. The summed E-state index contributed by atoms with van der Waals surface area (Å²) in [6.07, 6.45) is 0.219. The fourth-order valence-corrected chi connectivity index (χ4v) is 3.28. The van der Waals surface area contributed by atoms with Crippen molar-refractivity contribution in [1.82, 2.24) is 9.13 Å². The molecular formula is C13H13N3O3S. The van der Waals surface area contributed by atoms with E-state index in [1.54, 1.807) is 7.05 Å². The quantitative estimate of drug-likeness (QED) is 0.837. The SMILES string of the molecule is Cn1c2c(c(=O)n(C)c1=O)[C@H](c1ccsc1)CC(=O)N2. The second-order valence-corrected chi connectivity index (χ2v) is 5.61. The Labute approximate surface area is 118 Å². The van der Waals surface area contributed by atoms with Crippen molar-refractivity contribution in [2.75, 3.05) is 5.32 Å². The van der Waals surface area contributed by atoms with Crippen LogP contribution in [0.2, 0.25) is 0 Å². The fourth-order valence-electron chi connectivity index (χ4n) is 2.56. The first kappa shape index (κ1) is 12.9. The third-order valence-corrected chi connectivity index (χ3v) is 4.34. The van der Waals surface area contributed by atoms with E-state index in [1.807, 2.05) is 16.8 Å². The molecular weight excluding hydrogens is 278 g/mol. The van der Waals surface area contributed by atoms with Gasteiger partial charge in [-0.05, 0) is 22.4 Å². The zero-order valence-corrected chi connectivity index (χ0v) is 11.9. The van der Waals surface area contributed by atoms with Crippen molar-refractivity contribution in [2.45, 2.75) is 12.3 Å². The molecule has 1 aliphatic heterocycles. The highest BCUT2D eigenvalue weighted by molar-refractivity contribution is 7.08. The number of carbonyl (C=O) groups excluding carboxylic acids is 1. The maximum atomic E-state index is 12.4. The lowest BCUT2D eigenvalue weighted by molar-refractivity contribution is -0.116. The molecule has 1 N–H and O–H groups in total. The Morgan fingerprint density at radius 1 is 1.25 bits per heavy atom. The van der Waals surface area contributed by atoms with Gasteiger partial charge in [-0.3, -0.25) is 18.7 Å². The Balaban J connectivity index is 2.35. The molecule has 6 nitrogen and oxygen atoms in total. The molecule has 3 rings (SSSR count). The number of hydrogen-bond donors (Lipinski definition) is 1. The van der Waals surface area contributed by atoms with Crippen LogP contribution >= 0.6 is 11.3 Å². The second-order valence-electron chi connectivity index (χ2n) is 4.83. The lowest BCUT2D eigenvalue weighted by Crippen LogP contribution is -2.44. The third-order valence-electron chi connectivity index (χ3n) is 3.64. The van der Waals surface area contributed by atoms with Crippen LogP contribution in [0.5, 0.6) is 0 Å². The summed E-state index contributed by atoms with van der Waals surface area (Å²) in [5.41, 5.74) is 0.619. The molecule has 0 saturated carbocycles. The smallest absolute Gasteiger partial charge is 0.312 e. The first-order valence-corrected chi connectivity index (χ1v) is 7.07. The van der Waals surface area contributed by atoms with Gasteiger partial charge in [0.25, 0.3) is 5.56 Å². The Bertz CT molecular complexity index is 801. The molecule has 1 atom stereocenters. The lowest BCUT2D eigenvalue weighted by Gasteiger charge is -2.26. The van der Waals surface area contributed by atoms with Crippen LogP contribution in [0.1, 0.15) is 23.5 Å². The van der Waals surface area contributed by atoms with Gasteiger partial charge in [-0.15, -0.1) is 0 Å². The van der Waals surface area contributed by atoms with Gasteiger partial charge in [-0.25, -0.2) is 4.79 Å². The van der Waals surface area contributed by atoms with E-state index in [0.717, 1.165) is 10.1 Å². The number of hydrogen-bond acceptors (Lipinski definition) is 4. The van der Waals surface area contributed by atoms with Gasteiger partial charge in [0.05, 0.1) is 5.56 Å². The standard InChI is InChI=1S/C13H13N3O3S/c1-15-11-10(12(18)16(2)13(15)19)8(5-9(17)14-11)7-3-4-20-6-7/h3-4,6,8H,5H2,1-2H3,(H,14,17)/t8-/m0/s1. The molecule has 1 aliphatic rings. The number of aromatic nitrogens is 2. The number of thiophene rings is 1. The Morgan fingerprint density at radius 2 is 2.00 bits per heavy atom. The van der Waals surface area contributed by atoms with E-state index < -0.39 is 5.69 Å². The van der Waals surface area contributed by atoms with Crippen molar-refractivity contribution in [3.05, 3.63) is 48.8 Å². The van der Waals surface area contributed by atoms with Crippen molar-refractivity contribution in [1.29, 1.82) is 0 Å². The zero-order valence-electron chi connectivity index (χ0n) is 11.0. The molecule has 1 amide bonds. The molecule has 7 heteroatoms. The van der Waals surface area contributed by atoms with Gasteiger partial charge in [0.2, 0.25) is 5.91 Å². The topological polar surface area (TPSA) is 73.1 Å². The average molecular weight is 291 g/mol. The van der Waals surface area contributed by atoms with Crippen LogP contribution < -0.4 is 16.6 Å². The number of nitrogens with zero attached hydrogens (tertiary/aromatic N) is 2. The summed E-state index contributed by atoms with van der Waals surface area (Å²) in [5.74, 6) is -0.169. The summed E-state index contributed by atoms with van der Waals surface area (Å²) >= 11 is 1.52. The molecule has 0 spiro atoms. The van der Waals surface area contributed by atoms with Gasteiger partial charge in [-0.2, -0.15) is 11.3 Å². The van der Waals surface area contributed by atoms with Crippen LogP contribution in [0.25, 0.3) is 0 Å². The highest BCUT2D eigenvalue weighted by Gasteiger charge is 2.32. The number of rotatable bonds is 1. The number of amides is 1. The molecule has 2 aromatic heterocycles. The van der Waals surface area contributed by atoms with E-state index >= 15 is 0 Å². The average Bonchev–Trinajstić information content (AvgIpc) is 2.95. The maximum Gasteiger partial charge on any atom is 0.332 e. The van der Waals surface area contributed by atoms with E-state index in [0.29, 0.717) is 11.4 Å². The van der Waals surface area contributed by atoms with Crippen LogP contribution in [0, 0.1) is 0 Å². The molecule has 0 bridgehead atoms. The van der Waals surface area contributed by atoms with E-state index in [2.05, 4.69) is 5.32 Å². The monoisotopic (exact) mass is 291 g/mol. The summed E-state index contributed by atoms with van der Waals surface area (Å²) in [5, 5.41) is 6.48. The second kappa shape index (κ2) is 4.45. The molecule has 0 saturated heterocycles. The minimum absolute atomic E-state index is 0.183. The minimum atomic E-state index is -0.444. The van der Waals surface area contributed by atoms with Crippen LogP contribution in [-0.4, -0.2) is 15.0 Å². The van der Waals surface area contributed by atoms with Crippen LogP contribution in [-0.2, 0) is 18.9 Å². The van der Waals surface area contributed by atoms with Crippen molar-refractivity contribution in [2.24, 2.45) is 14.1 Å². The van der Waals surface area contributed by atoms with Crippen molar-refractivity contribution in [3.63, 3.8) is 0 Å². The van der Waals surface area contributed by atoms with E-state index in [-0.39, 0.29) is 23.8 Å². The van der Waals surface area contributed by atoms with Gasteiger partial charge in [0, 0.05) is 26.4 Å². The van der Waals surface area contributed by atoms with Crippen LogP contribution in [0.3, 0.4) is 0 Å². The van der Waals surface area contributed by atoms with Crippen molar-refractivity contribution < 1.29 is 4.79 Å². The lowest BCUT2D eigenvalue weighted by atomic mass is 9.88. The summed E-state index contributed by atoms with van der Waals surface area (Å²) in [6, 6.07) is 1.91. The predicted octanol–water partition coefficient (Wildman–Crippen LogP) is 0.620. The largest absolute Gasteiger partial charge is 0.332 e. The van der Waals surface area contributed by atoms with Crippen LogP contribution in [0.4, 0.5) is 5.82 Å². The number of anilines is 1. The molecule has 0 radical (unpaired) electrons. The Hall–Kier alpha value is -2.15. The highest BCUT2D eigenvalue weighted by Crippen LogP contribution is 2.34. The fraction of sp³-hybridized carbons (Fsp3) is 0.308. The molecule has 0 fully saturated rings.